The van der Waals surface area contributed by atoms with Gasteiger partial charge in [-0.15, -0.1) is 6.42 Å². The van der Waals surface area contributed by atoms with Gasteiger partial charge in [-0.05, 0) is 0 Å². The zero-order chi connectivity index (χ0) is 6.57. The lowest BCUT2D eigenvalue weighted by atomic mass is 10.6. The maximum atomic E-state index is 9.79. The molecule has 0 aromatic heterocycles. The van der Waals surface area contributed by atoms with Crippen LogP contribution in [-0.4, -0.2) is 22.8 Å². The van der Waals surface area contributed by atoms with Crippen LogP contribution in [0, 0.1) is 12.3 Å². The molecule has 4 heteroatoms. The molecule has 0 bridgehead atoms. The monoisotopic (exact) mass is 114 g/mol. The van der Waals surface area contributed by atoms with Gasteiger partial charge in [-0.25, -0.2) is 15.6 Å². The fraction of sp³-hybridized carbons (Fsp3) is 0.250. The van der Waals surface area contributed by atoms with Crippen molar-refractivity contribution in [3.8, 4) is 12.3 Å². The zero-order valence-electron chi connectivity index (χ0n) is 4.16. The maximum absolute atomic E-state index is 9.79. The molecule has 0 unspecified atom stereocenters. The number of hydrazine groups is 1. The van der Waals surface area contributed by atoms with E-state index in [4.69, 9.17) is 17.4 Å². The van der Waals surface area contributed by atoms with Crippen molar-refractivity contribution in [1.82, 2.24) is 5.01 Å². The summed E-state index contributed by atoms with van der Waals surface area (Å²) in [5, 5.41) is 8.55. The summed E-state index contributed by atoms with van der Waals surface area (Å²) in [6.07, 6.45) is 3.51. The molecule has 0 saturated carbocycles. The molecule has 0 fully saturated rings. The topological polar surface area (TPSA) is 66.6 Å². The van der Waals surface area contributed by atoms with Crippen LogP contribution in [0.25, 0.3) is 0 Å². The summed E-state index contributed by atoms with van der Waals surface area (Å²) in [7, 11) is 0. The Morgan fingerprint density at radius 3 is 2.62 bits per heavy atom. The molecule has 0 spiro atoms. The molecule has 1 amide bonds. The third-order valence-electron chi connectivity index (χ3n) is 0.507. The van der Waals surface area contributed by atoms with E-state index < -0.39 is 6.09 Å². The standard InChI is InChI=1S/C4H6N2O2/c1-2-3-6(5)4(7)8/h1H,3,5H2,(H,7,8). The first-order valence-electron chi connectivity index (χ1n) is 1.87. The average molecular weight is 114 g/mol. The molecular formula is C4H6N2O2. The van der Waals surface area contributed by atoms with E-state index in [-0.39, 0.29) is 6.54 Å². The van der Waals surface area contributed by atoms with Crippen LogP contribution in [0.1, 0.15) is 0 Å². The molecule has 0 aromatic carbocycles. The number of amides is 1. The van der Waals surface area contributed by atoms with Crippen LogP contribution in [-0.2, 0) is 0 Å². The summed E-state index contributed by atoms with van der Waals surface area (Å²) in [6.45, 7) is -0.0741. The molecule has 4 nitrogen and oxygen atoms in total. The second-order valence-electron chi connectivity index (χ2n) is 1.11. The smallest absolute Gasteiger partial charge is 0.422 e. The average Bonchev–Trinajstić information content (AvgIpc) is 1.67. The van der Waals surface area contributed by atoms with Gasteiger partial charge in [0.25, 0.3) is 0 Å². The maximum Gasteiger partial charge on any atom is 0.422 e. The number of hydrogen-bond acceptors (Lipinski definition) is 2. The van der Waals surface area contributed by atoms with Gasteiger partial charge < -0.3 is 5.11 Å². The van der Waals surface area contributed by atoms with Crippen LogP contribution in [0.2, 0.25) is 0 Å². The second-order valence-corrected chi connectivity index (χ2v) is 1.11. The van der Waals surface area contributed by atoms with Crippen molar-refractivity contribution < 1.29 is 9.90 Å². The van der Waals surface area contributed by atoms with Crippen molar-refractivity contribution in [3.05, 3.63) is 0 Å². The number of carbonyl (C=O) groups is 1. The first-order valence-corrected chi connectivity index (χ1v) is 1.87. The normalized spacial score (nSPS) is 7.50. The van der Waals surface area contributed by atoms with E-state index >= 15 is 0 Å². The first kappa shape index (κ1) is 6.79. The number of nitrogens with zero attached hydrogens (tertiary/aromatic N) is 1. The Kier molecular flexibility index (Phi) is 2.45. The molecule has 0 saturated heterocycles. The summed E-state index contributed by atoms with van der Waals surface area (Å²) in [6, 6.07) is 0. The van der Waals surface area contributed by atoms with Crippen molar-refractivity contribution >= 4 is 6.09 Å². The molecule has 3 N–H and O–H groups in total. The predicted molar refractivity (Wildman–Crippen MR) is 27.8 cm³/mol. The largest absolute Gasteiger partial charge is 0.464 e. The van der Waals surface area contributed by atoms with Crippen LogP contribution in [0.15, 0.2) is 0 Å². The van der Waals surface area contributed by atoms with Crippen molar-refractivity contribution in [1.29, 1.82) is 0 Å². The van der Waals surface area contributed by atoms with E-state index in [1.165, 1.54) is 0 Å². The fourth-order valence-electron chi connectivity index (χ4n) is 0.166. The fourth-order valence-corrected chi connectivity index (χ4v) is 0.166. The van der Waals surface area contributed by atoms with E-state index in [1.807, 2.05) is 0 Å². The van der Waals surface area contributed by atoms with Crippen LogP contribution in [0.5, 0.6) is 0 Å². The Hall–Kier alpha value is -1.21. The third kappa shape index (κ3) is 2.05. The van der Waals surface area contributed by atoms with Gasteiger partial charge in [0.15, 0.2) is 0 Å². The molecule has 0 heterocycles. The van der Waals surface area contributed by atoms with Gasteiger partial charge in [0.1, 0.15) is 6.54 Å². The third-order valence-corrected chi connectivity index (χ3v) is 0.507. The van der Waals surface area contributed by atoms with Crippen molar-refractivity contribution in [2.24, 2.45) is 5.84 Å². The SMILES string of the molecule is C#CCN(N)C(=O)O. The van der Waals surface area contributed by atoms with Gasteiger partial charge in [-0.3, -0.25) is 0 Å². The van der Waals surface area contributed by atoms with Crippen molar-refractivity contribution in [3.63, 3.8) is 0 Å². The Balaban J connectivity index is 3.52. The molecule has 0 aromatic rings. The van der Waals surface area contributed by atoms with Crippen LogP contribution >= 0.6 is 0 Å². The number of carboxylic acid groups (broad SMARTS) is 1. The van der Waals surface area contributed by atoms with Crippen molar-refractivity contribution in [2.45, 2.75) is 0 Å². The molecule has 0 radical (unpaired) electrons. The molecule has 0 aliphatic heterocycles. The lowest BCUT2D eigenvalue weighted by Crippen LogP contribution is -2.36. The van der Waals surface area contributed by atoms with Gasteiger partial charge in [-0.2, -0.15) is 0 Å². The molecule has 8 heavy (non-hydrogen) atoms. The highest BCUT2D eigenvalue weighted by Crippen LogP contribution is 1.73. The summed E-state index contributed by atoms with van der Waals surface area (Å²) in [5.74, 6) is 6.89. The lowest BCUT2D eigenvalue weighted by Gasteiger charge is -2.05. The highest BCUT2D eigenvalue weighted by atomic mass is 16.4. The lowest BCUT2D eigenvalue weighted by molar-refractivity contribution is 0.152. The predicted octanol–water partition coefficient (Wildman–Crippen LogP) is -0.527. The minimum absolute atomic E-state index is 0.0741. The minimum Gasteiger partial charge on any atom is -0.464 e. The summed E-state index contributed by atoms with van der Waals surface area (Å²) in [5.41, 5.74) is 0. The van der Waals surface area contributed by atoms with E-state index in [1.54, 1.807) is 0 Å². The molecule has 0 aliphatic carbocycles. The van der Waals surface area contributed by atoms with Gasteiger partial charge in [0.05, 0.1) is 0 Å². The Morgan fingerprint density at radius 1 is 2.00 bits per heavy atom. The summed E-state index contributed by atoms with van der Waals surface area (Å²) < 4.78 is 0. The van der Waals surface area contributed by atoms with Crippen LogP contribution in [0.3, 0.4) is 0 Å². The van der Waals surface area contributed by atoms with Crippen LogP contribution in [0.4, 0.5) is 4.79 Å². The van der Waals surface area contributed by atoms with Gasteiger partial charge in [-0.1, -0.05) is 5.92 Å². The van der Waals surface area contributed by atoms with Crippen LogP contribution < -0.4 is 5.84 Å². The molecule has 0 aliphatic rings. The summed E-state index contributed by atoms with van der Waals surface area (Å²) in [4.78, 5) is 9.79. The van der Waals surface area contributed by atoms with Crippen molar-refractivity contribution in [2.75, 3.05) is 6.54 Å². The Morgan fingerprint density at radius 2 is 2.50 bits per heavy atom. The molecule has 44 valence electrons. The number of rotatable bonds is 1. The number of nitrogens with two attached hydrogens (primary N) is 1. The molecule has 0 atom stereocenters. The highest BCUT2D eigenvalue weighted by Gasteiger charge is 2.00. The quantitative estimate of drug-likeness (QED) is 0.208. The van der Waals surface area contributed by atoms with E-state index in [9.17, 15) is 4.79 Å². The zero-order valence-corrected chi connectivity index (χ0v) is 4.16. The minimum atomic E-state index is -1.22. The Labute approximate surface area is 46.9 Å². The Bertz CT molecular complexity index is 126. The number of hydrogen-bond donors (Lipinski definition) is 2. The van der Waals surface area contributed by atoms with E-state index in [0.717, 1.165) is 0 Å². The number of terminal acetylenes is 1. The van der Waals surface area contributed by atoms with Gasteiger partial charge in [0.2, 0.25) is 0 Å². The molecule has 0 rings (SSSR count). The summed E-state index contributed by atoms with van der Waals surface area (Å²) >= 11 is 0. The van der Waals surface area contributed by atoms with E-state index in [2.05, 4.69) is 5.92 Å². The van der Waals surface area contributed by atoms with E-state index in [0.29, 0.717) is 5.01 Å². The molecular weight excluding hydrogens is 108 g/mol. The first-order chi connectivity index (χ1) is 3.68. The van der Waals surface area contributed by atoms with Gasteiger partial charge in [0, 0.05) is 0 Å². The van der Waals surface area contributed by atoms with Gasteiger partial charge >= 0.3 is 6.09 Å². The highest BCUT2D eigenvalue weighted by molar-refractivity contribution is 5.64. The second kappa shape index (κ2) is 2.88.